The van der Waals surface area contributed by atoms with E-state index in [1.807, 2.05) is 13.1 Å². The lowest BCUT2D eigenvalue weighted by molar-refractivity contribution is 0.111. The number of nitrogens with zero attached hydrogens (tertiary/aromatic N) is 2. The third kappa shape index (κ3) is 3.13. The van der Waals surface area contributed by atoms with Crippen molar-refractivity contribution in [1.82, 2.24) is 9.78 Å². The van der Waals surface area contributed by atoms with Gasteiger partial charge in [0.1, 0.15) is 11.5 Å². The molecule has 0 bridgehead atoms. The molecule has 100 valence electrons. The van der Waals surface area contributed by atoms with Gasteiger partial charge in [-0.2, -0.15) is 5.10 Å². The van der Waals surface area contributed by atoms with Crippen LogP contribution in [0.4, 0.5) is 0 Å². The fraction of sp³-hybridized carbons (Fsp3) is 0.286. The minimum atomic E-state index is 0.490. The highest BCUT2D eigenvalue weighted by atomic mass is 16.5. The van der Waals surface area contributed by atoms with E-state index in [9.17, 15) is 4.79 Å². The summed E-state index contributed by atoms with van der Waals surface area (Å²) in [7, 11) is 3.45. The molecule has 19 heavy (non-hydrogen) atoms. The fourth-order valence-corrected chi connectivity index (χ4v) is 1.79. The molecule has 0 atom stereocenters. The normalized spacial score (nSPS) is 10.2. The molecule has 2 aromatic rings. The van der Waals surface area contributed by atoms with E-state index in [1.54, 1.807) is 36.2 Å². The molecule has 0 saturated carbocycles. The Labute approximate surface area is 111 Å². The molecule has 0 aliphatic carbocycles. The van der Waals surface area contributed by atoms with Crippen LogP contribution in [0.5, 0.6) is 11.5 Å². The van der Waals surface area contributed by atoms with Crippen molar-refractivity contribution >= 4 is 6.29 Å². The lowest BCUT2D eigenvalue weighted by Gasteiger charge is -2.09. The van der Waals surface area contributed by atoms with Gasteiger partial charge < -0.3 is 9.47 Å². The average molecular weight is 260 g/mol. The van der Waals surface area contributed by atoms with Crippen LogP contribution in [0.15, 0.2) is 30.5 Å². The monoisotopic (exact) mass is 260 g/mol. The smallest absolute Gasteiger partial charge is 0.153 e. The molecule has 0 saturated heterocycles. The zero-order chi connectivity index (χ0) is 13.7. The summed E-state index contributed by atoms with van der Waals surface area (Å²) in [6.45, 7) is 0.493. The second-order valence-corrected chi connectivity index (χ2v) is 4.07. The zero-order valence-corrected chi connectivity index (χ0v) is 11.0. The van der Waals surface area contributed by atoms with Gasteiger partial charge in [-0.3, -0.25) is 9.48 Å². The van der Waals surface area contributed by atoms with Crippen LogP contribution >= 0.6 is 0 Å². The molecule has 0 radical (unpaired) electrons. The molecule has 0 unspecified atom stereocenters. The molecule has 0 fully saturated rings. The number of hydrogen-bond donors (Lipinski definition) is 0. The first-order valence-electron chi connectivity index (χ1n) is 5.97. The van der Waals surface area contributed by atoms with E-state index in [2.05, 4.69) is 5.10 Å². The summed E-state index contributed by atoms with van der Waals surface area (Å²) in [6.07, 6.45) is 3.25. The van der Waals surface area contributed by atoms with Crippen LogP contribution in [0.2, 0.25) is 0 Å². The van der Waals surface area contributed by atoms with E-state index in [0.29, 0.717) is 23.7 Å². The number of benzene rings is 1. The lowest BCUT2D eigenvalue weighted by atomic mass is 10.2. The van der Waals surface area contributed by atoms with Gasteiger partial charge in [0, 0.05) is 25.4 Å². The Hall–Kier alpha value is -2.30. The Kier molecular flexibility index (Phi) is 4.18. The molecule has 0 amide bonds. The molecule has 0 spiro atoms. The first kappa shape index (κ1) is 13.1. The summed E-state index contributed by atoms with van der Waals surface area (Å²) in [5.74, 6) is 1.21. The summed E-state index contributed by atoms with van der Waals surface area (Å²) >= 11 is 0. The molecule has 0 aliphatic heterocycles. The minimum Gasteiger partial charge on any atom is -0.497 e. The maximum atomic E-state index is 11.0. The average Bonchev–Trinajstić information content (AvgIpc) is 2.84. The number of rotatable bonds is 6. The van der Waals surface area contributed by atoms with E-state index >= 15 is 0 Å². The highest BCUT2D eigenvalue weighted by molar-refractivity contribution is 5.80. The van der Waals surface area contributed by atoms with Crippen molar-refractivity contribution in [2.24, 2.45) is 7.05 Å². The van der Waals surface area contributed by atoms with E-state index in [-0.39, 0.29) is 0 Å². The summed E-state index contributed by atoms with van der Waals surface area (Å²) in [5, 5.41) is 4.09. The number of carbonyl (C=O) groups is 1. The molecular weight excluding hydrogens is 244 g/mol. The summed E-state index contributed by atoms with van der Waals surface area (Å²) in [6, 6.07) is 7.11. The maximum Gasteiger partial charge on any atom is 0.153 e. The summed E-state index contributed by atoms with van der Waals surface area (Å²) in [5.41, 5.74) is 1.57. The van der Waals surface area contributed by atoms with Gasteiger partial charge in [0.15, 0.2) is 6.29 Å². The van der Waals surface area contributed by atoms with Gasteiger partial charge >= 0.3 is 0 Å². The molecule has 0 aliphatic rings. The number of hydrogen-bond acceptors (Lipinski definition) is 4. The SMILES string of the molecule is COc1ccc(OCCc2ccnn2C)c(C=O)c1. The van der Waals surface area contributed by atoms with Gasteiger partial charge in [0.25, 0.3) is 0 Å². The molecule has 1 aromatic carbocycles. The van der Waals surface area contributed by atoms with E-state index in [1.165, 1.54) is 0 Å². The van der Waals surface area contributed by atoms with Gasteiger partial charge in [-0.25, -0.2) is 0 Å². The number of methoxy groups -OCH3 is 1. The van der Waals surface area contributed by atoms with E-state index < -0.39 is 0 Å². The van der Waals surface area contributed by atoms with E-state index in [0.717, 1.165) is 18.4 Å². The number of aromatic nitrogens is 2. The number of ether oxygens (including phenoxy) is 2. The highest BCUT2D eigenvalue weighted by Crippen LogP contribution is 2.22. The van der Waals surface area contributed by atoms with Gasteiger partial charge in [-0.05, 0) is 24.3 Å². The first-order chi connectivity index (χ1) is 9.24. The maximum absolute atomic E-state index is 11.0. The number of aldehydes is 1. The summed E-state index contributed by atoms with van der Waals surface area (Å²) < 4.78 is 12.5. The standard InChI is InChI=1S/C14H16N2O3/c1-16-12(5-7-15-16)6-8-19-14-4-3-13(18-2)9-11(14)10-17/h3-5,7,9-10H,6,8H2,1-2H3. The Morgan fingerprint density at radius 2 is 2.21 bits per heavy atom. The van der Waals surface area contributed by atoms with Crippen molar-refractivity contribution in [3.05, 3.63) is 41.7 Å². The minimum absolute atomic E-state index is 0.490. The predicted molar refractivity (Wildman–Crippen MR) is 70.8 cm³/mol. The number of aryl methyl sites for hydroxylation is 1. The van der Waals surface area contributed by atoms with Crippen molar-refractivity contribution in [2.45, 2.75) is 6.42 Å². The molecular formula is C14H16N2O3. The molecule has 5 nitrogen and oxygen atoms in total. The van der Waals surface area contributed by atoms with Crippen molar-refractivity contribution in [2.75, 3.05) is 13.7 Å². The second kappa shape index (κ2) is 6.04. The first-order valence-corrected chi connectivity index (χ1v) is 5.97. The topological polar surface area (TPSA) is 53.4 Å². The fourth-order valence-electron chi connectivity index (χ4n) is 1.79. The Balaban J connectivity index is 1.99. The lowest BCUT2D eigenvalue weighted by Crippen LogP contribution is -2.07. The van der Waals surface area contributed by atoms with Gasteiger partial charge in [-0.15, -0.1) is 0 Å². The Bertz CT molecular complexity index is 564. The van der Waals surface area contributed by atoms with Crippen molar-refractivity contribution < 1.29 is 14.3 Å². The van der Waals surface area contributed by atoms with Crippen LogP contribution in [0, 0.1) is 0 Å². The zero-order valence-electron chi connectivity index (χ0n) is 11.0. The second-order valence-electron chi connectivity index (χ2n) is 4.07. The predicted octanol–water partition coefficient (Wildman–Crippen LogP) is 1.86. The molecule has 5 heteroatoms. The number of carbonyl (C=O) groups excluding carboxylic acids is 1. The Morgan fingerprint density at radius 1 is 1.37 bits per heavy atom. The van der Waals surface area contributed by atoms with Crippen LogP contribution in [-0.4, -0.2) is 29.8 Å². The third-order valence-corrected chi connectivity index (χ3v) is 2.88. The van der Waals surface area contributed by atoms with Gasteiger partial charge in [-0.1, -0.05) is 0 Å². The molecule has 1 heterocycles. The molecule has 2 rings (SSSR count). The third-order valence-electron chi connectivity index (χ3n) is 2.88. The van der Waals surface area contributed by atoms with Crippen molar-refractivity contribution in [3.63, 3.8) is 0 Å². The summed E-state index contributed by atoms with van der Waals surface area (Å²) in [4.78, 5) is 11.0. The van der Waals surface area contributed by atoms with Crippen LogP contribution in [0.25, 0.3) is 0 Å². The molecule has 1 aromatic heterocycles. The van der Waals surface area contributed by atoms with Gasteiger partial charge in [0.2, 0.25) is 0 Å². The van der Waals surface area contributed by atoms with E-state index in [4.69, 9.17) is 9.47 Å². The van der Waals surface area contributed by atoms with Crippen molar-refractivity contribution in [1.29, 1.82) is 0 Å². The molecule has 0 N–H and O–H groups in total. The highest BCUT2D eigenvalue weighted by Gasteiger charge is 2.06. The largest absolute Gasteiger partial charge is 0.497 e. The van der Waals surface area contributed by atoms with Crippen LogP contribution in [0.1, 0.15) is 16.1 Å². The van der Waals surface area contributed by atoms with Crippen molar-refractivity contribution in [3.8, 4) is 11.5 Å². The van der Waals surface area contributed by atoms with Gasteiger partial charge in [0.05, 0.1) is 19.3 Å². The van der Waals surface area contributed by atoms with Crippen LogP contribution < -0.4 is 9.47 Å². The van der Waals surface area contributed by atoms with Crippen LogP contribution in [0.3, 0.4) is 0 Å². The Morgan fingerprint density at radius 3 is 2.84 bits per heavy atom. The van der Waals surface area contributed by atoms with Crippen LogP contribution in [-0.2, 0) is 13.5 Å². The quantitative estimate of drug-likeness (QED) is 0.744.